The molecule has 2 aromatic rings. The van der Waals surface area contributed by atoms with Crippen molar-refractivity contribution in [1.29, 1.82) is 0 Å². The summed E-state index contributed by atoms with van der Waals surface area (Å²) in [5.74, 6) is -0.609. The molecule has 0 saturated carbocycles. The average Bonchev–Trinajstić information content (AvgIpc) is 2.96. The summed E-state index contributed by atoms with van der Waals surface area (Å²) in [6.07, 6.45) is -3.27. The van der Waals surface area contributed by atoms with E-state index in [1.807, 2.05) is 0 Å². The number of hydrogen-bond acceptors (Lipinski definition) is 9. The molecule has 3 rings (SSSR count). The number of aliphatic hydroxyl groups is 4. The first-order valence-corrected chi connectivity index (χ1v) is 7.16. The van der Waals surface area contributed by atoms with Crippen molar-refractivity contribution in [3.8, 4) is 0 Å². The van der Waals surface area contributed by atoms with Gasteiger partial charge in [0.1, 0.15) is 36.0 Å². The van der Waals surface area contributed by atoms with Crippen LogP contribution < -0.4 is 5.32 Å². The predicted molar refractivity (Wildman–Crippen MR) is 77.2 cm³/mol. The van der Waals surface area contributed by atoms with Crippen LogP contribution in [0.25, 0.3) is 11.2 Å². The van der Waals surface area contributed by atoms with Crippen molar-refractivity contribution >= 4 is 17.1 Å². The van der Waals surface area contributed by atoms with Gasteiger partial charge in [-0.25, -0.2) is 15.0 Å². The van der Waals surface area contributed by atoms with Crippen LogP contribution in [0.3, 0.4) is 0 Å². The van der Waals surface area contributed by atoms with Gasteiger partial charge in [0.25, 0.3) is 0 Å². The first-order chi connectivity index (χ1) is 11.4. The molecule has 24 heavy (non-hydrogen) atoms. The van der Waals surface area contributed by atoms with Crippen molar-refractivity contribution in [3.63, 3.8) is 0 Å². The Kier molecular flexibility index (Phi) is 4.19. The minimum Gasteiger partial charge on any atom is -0.394 e. The molecule has 0 aromatic carbocycles. The van der Waals surface area contributed by atoms with E-state index in [4.69, 9.17) is 4.74 Å². The summed E-state index contributed by atoms with van der Waals surface area (Å²) in [7, 11) is 0. The lowest BCUT2D eigenvalue weighted by Gasteiger charge is -2.47. The third-order valence-corrected chi connectivity index (χ3v) is 3.85. The van der Waals surface area contributed by atoms with Crippen LogP contribution in [0.15, 0.2) is 12.5 Å². The number of nitrogens with one attached hydrogen (secondary N) is 2. The number of amides is 1. The van der Waals surface area contributed by atoms with Crippen LogP contribution in [0.4, 0.5) is 0 Å². The summed E-state index contributed by atoms with van der Waals surface area (Å²) < 4.78 is 5.48. The van der Waals surface area contributed by atoms with E-state index in [1.54, 1.807) is 0 Å². The van der Waals surface area contributed by atoms with Crippen LogP contribution in [0.1, 0.15) is 18.9 Å². The van der Waals surface area contributed by atoms with E-state index in [1.165, 1.54) is 12.5 Å². The van der Waals surface area contributed by atoms with Crippen molar-refractivity contribution in [1.82, 2.24) is 25.3 Å². The highest BCUT2D eigenvalue weighted by molar-refractivity contribution is 5.74. The molecule has 1 saturated heterocycles. The van der Waals surface area contributed by atoms with Crippen molar-refractivity contribution < 1.29 is 30.0 Å². The fourth-order valence-electron chi connectivity index (χ4n) is 2.73. The minimum absolute atomic E-state index is 0.0474. The number of ether oxygens (including phenoxy) is 1. The largest absolute Gasteiger partial charge is 0.394 e. The van der Waals surface area contributed by atoms with Gasteiger partial charge in [-0.05, 0) is 0 Å². The second kappa shape index (κ2) is 6.03. The first-order valence-electron chi connectivity index (χ1n) is 7.16. The Labute approximate surface area is 135 Å². The van der Waals surface area contributed by atoms with E-state index >= 15 is 0 Å². The van der Waals surface area contributed by atoms with E-state index < -0.39 is 42.7 Å². The molecule has 130 valence electrons. The fraction of sp³-hybridized carbons (Fsp3) is 0.538. The second-order valence-corrected chi connectivity index (χ2v) is 5.56. The van der Waals surface area contributed by atoms with Crippen molar-refractivity contribution in [3.05, 3.63) is 18.3 Å². The first kappa shape index (κ1) is 16.7. The number of aliphatic hydroxyl groups excluding tert-OH is 3. The summed E-state index contributed by atoms with van der Waals surface area (Å²) in [6.45, 7) is 0.529. The second-order valence-electron chi connectivity index (χ2n) is 5.56. The van der Waals surface area contributed by atoms with Gasteiger partial charge in [-0.2, -0.15) is 0 Å². The fourth-order valence-corrected chi connectivity index (χ4v) is 2.73. The summed E-state index contributed by atoms with van der Waals surface area (Å²) in [5, 5.41) is 42.6. The maximum atomic E-state index is 11.4. The number of carbonyl (C=O) groups is 1. The summed E-state index contributed by atoms with van der Waals surface area (Å²) >= 11 is 0. The molecule has 1 amide bonds. The number of rotatable bonds is 3. The van der Waals surface area contributed by atoms with E-state index in [9.17, 15) is 25.2 Å². The van der Waals surface area contributed by atoms with E-state index in [-0.39, 0.29) is 11.5 Å². The normalized spacial score (nSPS) is 33.5. The number of H-pyrrole nitrogens is 1. The zero-order chi connectivity index (χ0) is 17.5. The van der Waals surface area contributed by atoms with Gasteiger partial charge in [0.05, 0.1) is 12.8 Å². The van der Waals surface area contributed by atoms with Crippen LogP contribution in [0, 0.1) is 0 Å². The molecule has 6 N–H and O–H groups in total. The number of carbonyl (C=O) groups excluding carboxylic acids is 1. The van der Waals surface area contributed by atoms with Gasteiger partial charge in [0.15, 0.2) is 11.8 Å². The third-order valence-electron chi connectivity index (χ3n) is 3.85. The molecule has 0 radical (unpaired) electrons. The molecule has 11 heteroatoms. The topological polar surface area (TPSA) is 174 Å². The lowest BCUT2D eigenvalue weighted by Crippen LogP contribution is -2.70. The van der Waals surface area contributed by atoms with Gasteiger partial charge < -0.3 is 35.5 Å². The Balaban J connectivity index is 2.07. The molecule has 5 atom stereocenters. The highest BCUT2D eigenvalue weighted by Crippen LogP contribution is 2.37. The maximum Gasteiger partial charge on any atom is 0.219 e. The Morgan fingerprint density at radius 3 is 2.88 bits per heavy atom. The number of aromatic nitrogens is 4. The van der Waals surface area contributed by atoms with Crippen LogP contribution in [0.2, 0.25) is 0 Å². The van der Waals surface area contributed by atoms with Crippen molar-refractivity contribution in [2.75, 3.05) is 6.61 Å². The van der Waals surface area contributed by atoms with E-state index in [2.05, 4.69) is 25.3 Å². The lowest BCUT2D eigenvalue weighted by atomic mass is 9.88. The summed E-state index contributed by atoms with van der Waals surface area (Å²) in [5.41, 5.74) is -1.63. The number of hydrogen-bond donors (Lipinski definition) is 6. The molecule has 0 aliphatic carbocycles. The number of fused-ring (bicyclic) bond motifs is 1. The van der Waals surface area contributed by atoms with E-state index in [0.29, 0.717) is 5.52 Å². The van der Waals surface area contributed by atoms with Crippen LogP contribution in [-0.4, -0.2) is 76.9 Å². The average molecular weight is 339 g/mol. The summed E-state index contributed by atoms with van der Waals surface area (Å²) in [4.78, 5) is 26.2. The van der Waals surface area contributed by atoms with Crippen molar-refractivity contribution in [2.45, 2.75) is 37.1 Å². The quantitative estimate of drug-likeness (QED) is 0.326. The zero-order valence-corrected chi connectivity index (χ0v) is 12.6. The Hall–Kier alpha value is -2.18. The Morgan fingerprint density at radius 2 is 2.25 bits per heavy atom. The smallest absolute Gasteiger partial charge is 0.219 e. The van der Waals surface area contributed by atoms with Crippen molar-refractivity contribution in [2.24, 2.45) is 0 Å². The van der Waals surface area contributed by atoms with Gasteiger partial charge in [-0.1, -0.05) is 0 Å². The number of aromatic amines is 1. The van der Waals surface area contributed by atoms with Gasteiger partial charge in [0, 0.05) is 6.92 Å². The number of nitrogens with zero attached hydrogens (tertiary/aromatic N) is 3. The van der Waals surface area contributed by atoms with E-state index in [0.717, 1.165) is 6.92 Å². The molecule has 1 aliphatic heterocycles. The van der Waals surface area contributed by atoms with Gasteiger partial charge in [-0.15, -0.1) is 0 Å². The van der Waals surface area contributed by atoms with Gasteiger partial charge in [-0.3, -0.25) is 4.79 Å². The predicted octanol–water partition coefficient (Wildman–Crippen LogP) is -2.67. The highest BCUT2D eigenvalue weighted by Gasteiger charge is 2.57. The standard InChI is InChI=1S/C13H17N5O6/c1-5(20)18-13(23)9(22)8(21)7(3-19)24-10(13)12-16-6-2-14-4-15-11(6)17-12/h2,4,7-10,19,21-23H,3H2,1H3,(H,18,20)(H,14,15,16,17)/t7-,8-,9+,10+,13-/m1/s1. The molecule has 2 aromatic heterocycles. The van der Waals surface area contributed by atoms with Crippen LogP contribution in [-0.2, 0) is 9.53 Å². The molecular formula is C13H17N5O6. The van der Waals surface area contributed by atoms with Crippen LogP contribution >= 0.6 is 0 Å². The third kappa shape index (κ3) is 2.61. The lowest BCUT2D eigenvalue weighted by molar-refractivity contribution is -0.287. The SMILES string of the molecule is CC(=O)N[C@]1(O)[C@H](c2nc3ncncc3[nH]2)O[C@H](CO)[C@@H](O)[C@@H]1O. The monoisotopic (exact) mass is 339 g/mol. The van der Waals surface area contributed by atoms with Crippen LogP contribution in [0.5, 0.6) is 0 Å². The molecule has 3 heterocycles. The molecule has 1 aliphatic rings. The van der Waals surface area contributed by atoms with Gasteiger partial charge >= 0.3 is 0 Å². The highest BCUT2D eigenvalue weighted by atomic mass is 16.6. The zero-order valence-electron chi connectivity index (χ0n) is 12.6. The Bertz CT molecular complexity index is 720. The Morgan fingerprint density at radius 1 is 1.50 bits per heavy atom. The summed E-state index contributed by atoms with van der Waals surface area (Å²) in [6, 6.07) is 0. The molecular weight excluding hydrogens is 322 g/mol. The molecule has 11 nitrogen and oxygen atoms in total. The molecule has 0 bridgehead atoms. The molecule has 0 unspecified atom stereocenters. The van der Waals surface area contributed by atoms with Gasteiger partial charge in [0.2, 0.25) is 11.6 Å². The maximum absolute atomic E-state index is 11.4. The molecule has 1 fully saturated rings. The minimum atomic E-state index is -2.36. The molecule has 0 spiro atoms. The number of imidazole rings is 1.